The molecule has 0 saturated carbocycles. The molecule has 0 bridgehead atoms. The summed E-state index contributed by atoms with van der Waals surface area (Å²) < 4.78 is 8.70. The molecule has 0 atom stereocenters. The summed E-state index contributed by atoms with van der Waals surface area (Å²) in [5.74, 6) is 5.15. The van der Waals surface area contributed by atoms with Crippen LogP contribution in [0.25, 0.3) is 0 Å². The van der Waals surface area contributed by atoms with Crippen LogP contribution >= 0.6 is 8.25 Å². The zero-order chi connectivity index (χ0) is 9.98. The third-order valence-electron chi connectivity index (χ3n) is 0.639. The van der Waals surface area contributed by atoms with Crippen LogP contribution in [0.15, 0.2) is 0 Å². The first kappa shape index (κ1) is 13.8. The first-order valence-corrected chi connectivity index (χ1v) is 4.51. The minimum absolute atomic E-state index is 0.0431. The monoisotopic (exact) mass is 191 g/mol. The fourth-order valence-electron chi connectivity index (χ4n) is 0.312. The van der Waals surface area contributed by atoms with E-state index in [9.17, 15) is 4.79 Å². The normalized spacial score (nSPS) is 7.00. The Bertz CT molecular complexity index is 197. The van der Waals surface area contributed by atoms with Crippen molar-refractivity contribution in [2.75, 3.05) is 0 Å². The summed E-state index contributed by atoms with van der Waals surface area (Å²) >= 11 is 0. The van der Waals surface area contributed by atoms with Gasteiger partial charge in [-0.15, -0.1) is 9.79 Å². The molecular weight excluding hydrogens is 179 g/mol. The highest BCUT2D eigenvalue weighted by molar-refractivity contribution is 7.30. The lowest BCUT2D eigenvalue weighted by Crippen LogP contribution is -1.79. The van der Waals surface area contributed by atoms with Gasteiger partial charge >= 0.3 is 8.25 Å². The van der Waals surface area contributed by atoms with Gasteiger partial charge in [0.1, 0.15) is 0 Å². The van der Waals surface area contributed by atoms with Crippen LogP contribution in [-0.2, 0) is 9.36 Å². The summed E-state index contributed by atoms with van der Waals surface area (Å²) in [6.45, 7) is 3.51. The van der Waals surface area contributed by atoms with Crippen LogP contribution < -0.4 is 0 Å². The maximum atomic E-state index is 10.1. The number of carbonyl (C=O) groups excluding carboxylic acids is 1. The first-order chi connectivity index (χ1) is 5.50. The minimum atomic E-state index is -2.87. The average Bonchev–Trinajstić information content (AvgIpc) is 1.86. The van der Waals surface area contributed by atoms with Crippen molar-refractivity contribution in [3.05, 3.63) is 0 Å². The lowest BCUT2D eigenvalue weighted by Gasteiger charge is -1.74. The van der Waals surface area contributed by atoms with E-state index in [1.54, 1.807) is 0 Å². The van der Waals surface area contributed by atoms with E-state index < -0.39 is 8.25 Å². The second-order valence-corrected chi connectivity index (χ2v) is 2.37. The van der Waals surface area contributed by atoms with Crippen molar-refractivity contribution in [3.63, 3.8) is 0 Å². The van der Waals surface area contributed by atoms with Gasteiger partial charge in [-0.25, -0.2) is 0 Å². The van der Waals surface area contributed by atoms with E-state index in [2.05, 4.69) is 11.8 Å². The Morgan fingerprint density at radius 3 is 2.17 bits per heavy atom. The molecule has 0 aromatic heterocycles. The van der Waals surface area contributed by atoms with Gasteiger partial charge in [-0.3, -0.25) is 4.79 Å². The van der Waals surface area contributed by atoms with Crippen molar-refractivity contribution in [1.82, 2.24) is 0 Å². The molecule has 68 valence electrons. The van der Waals surface area contributed by atoms with E-state index in [0.717, 1.165) is 12.8 Å². The Balaban J connectivity index is 0. The Hall–Kier alpha value is -0.750. The lowest BCUT2D eigenvalue weighted by molar-refractivity contribution is -0.111. The molecule has 0 aromatic carbocycles. The second kappa shape index (κ2) is 10.2. The van der Waals surface area contributed by atoms with Gasteiger partial charge in [0, 0.05) is 17.9 Å². The van der Waals surface area contributed by atoms with Crippen LogP contribution in [0.1, 0.15) is 26.7 Å². The number of rotatable bonds is 1. The van der Waals surface area contributed by atoms with E-state index >= 15 is 0 Å². The first-order valence-electron chi connectivity index (χ1n) is 3.35. The highest BCUT2D eigenvalue weighted by Crippen LogP contribution is 1.98. The molecule has 0 rings (SSSR count). The van der Waals surface area contributed by atoms with E-state index in [4.69, 9.17) is 14.4 Å². The standard InChI is InChI=1S/C7H10O.HO3P/c1-3-4-5-6-7(2)8;1-4(2)3/h3-4H2,1-2H3;(H-,1,2,3)/p+1. The van der Waals surface area contributed by atoms with E-state index in [1.165, 1.54) is 6.92 Å². The van der Waals surface area contributed by atoms with Crippen molar-refractivity contribution in [2.45, 2.75) is 26.7 Å². The fourth-order valence-corrected chi connectivity index (χ4v) is 0.312. The van der Waals surface area contributed by atoms with Crippen molar-refractivity contribution in [3.8, 4) is 11.8 Å². The molecule has 0 radical (unpaired) electrons. The molecule has 0 spiro atoms. The number of carbonyl (C=O) groups is 1. The third kappa shape index (κ3) is 34.9. The van der Waals surface area contributed by atoms with Crippen molar-refractivity contribution in [2.24, 2.45) is 0 Å². The summed E-state index contributed by atoms with van der Waals surface area (Å²) in [6.07, 6.45) is 1.86. The Labute approximate surface area is 72.6 Å². The van der Waals surface area contributed by atoms with Gasteiger partial charge in [-0.1, -0.05) is 12.8 Å². The van der Waals surface area contributed by atoms with Gasteiger partial charge < -0.3 is 0 Å². The molecule has 0 unspecified atom stereocenters. The molecule has 2 N–H and O–H groups in total. The summed E-state index contributed by atoms with van der Waals surface area (Å²) in [5, 5.41) is 0. The number of ketones is 1. The molecule has 12 heavy (non-hydrogen) atoms. The lowest BCUT2D eigenvalue weighted by atomic mass is 10.3. The summed E-state index contributed by atoms with van der Waals surface area (Å²) in [7, 11) is -2.87. The van der Waals surface area contributed by atoms with Gasteiger partial charge in [0.05, 0.1) is 0 Å². The fraction of sp³-hybridized carbons (Fsp3) is 0.571. The Morgan fingerprint density at radius 1 is 1.50 bits per heavy atom. The van der Waals surface area contributed by atoms with Crippen LogP contribution in [0, 0.1) is 11.8 Å². The molecule has 0 fully saturated rings. The largest absolute Gasteiger partial charge is 0.692 e. The molecule has 4 nitrogen and oxygen atoms in total. The van der Waals surface area contributed by atoms with Gasteiger partial charge in [-0.2, -0.15) is 0 Å². The quantitative estimate of drug-likeness (QED) is 0.368. The molecule has 5 heteroatoms. The molecule has 0 aliphatic carbocycles. The van der Waals surface area contributed by atoms with Crippen molar-refractivity contribution >= 4 is 14.0 Å². The predicted octanol–water partition coefficient (Wildman–Crippen LogP) is 1.01. The van der Waals surface area contributed by atoms with Crippen molar-refractivity contribution < 1.29 is 19.1 Å². The molecule has 0 saturated heterocycles. The maximum Gasteiger partial charge on any atom is 0.692 e. The van der Waals surface area contributed by atoms with Crippen molar-refractivity contribution in [1.29, 1.82) is 0 Å². The zero-order valence-corrected chi connectivity index (χ0v) is 7.97. The van der Waals surface area contributed by atoms with E-state index in [0.29, 0.717) is 0 Å². The number of hydrogen-bond acceptors (Lipinski definition) is 2. The molecule has 0 aromatic rings. The predicted molar refractivity (Wildman–Crippen MR) is 45.4 cm³/mol. The molecule has 0 amide bonds. The highest BCUT2D eigenvalue weighted by atomic mass is 31.1. The number of unbranched alkanes of at least 4 members (excludes halogenated alkanes) is 1. The molecule has 0 aliphatic heterocycles. The molecule has 0 heterocycles. The van der Waals surface area contributed by atoms with Crippen LogP contribution in [0.5, 0.6) is 0 Å². The van der Waals surface area contributed by atoms with Crippen LogP contribution in [-0.4, -0.2) is 15.6 Å². The summed E-state index contributed by atoms with van der Waals surface area (Å²) in [5.41, 5.74) is 0. The Morgan fingerprint density at radius 2 is 1.92 bits per heavy atom. The smallest absolute Gasteiger partial charge is 0.285 e. The Kier molecular flexibility index (Phi) is 11.8. The molecular formula is C7H12O4P+. The minimum Gasteiger partial charge on any atom is -0.285 e. The van der Waals surface area contributed by atoms with Crippen LogP contribution in [0.2, 0.25) is 0 Å². The SMILES string of the molecule is CCCC#CC(C)=O.O=[P+](O)O. The summed E-state index contributed by atoms with van der Waals surface area (Å²) in [6, 6.07) is 0. The molecule has 0 aliphatic rings. The third-order valence-corrected chi connectivity index (χ3v) is 0.639. The summed E-state index contributed by atoms with van der Waals surface area (Å²) in [4.78, 5) is 24.4. The van der Waals surface area contributed by atoms with Crippen LogP contribution in [0.3, 0.4) is 0 Å². The number of hydrogen-bond donors (Lipinski definition) is 2. The van der Waals surface area contributed by atoms with Gasteiger partial charge in [0.2, 0.25) is 5.78 Å². The maximum absolute atomic E-state index is 10.1. The topological polar surface area (TPSA) is 74.6 Å². The van der Waals surface area contributed by atoms with Gasteiger partial charge in [0.15, 0.2) is 0 Å². The van der Waals surface area contributed by atoms with Crippen LogP contribution in [0.4, 0.5) is 0 Å². The van der Waals surface area contributed by atoms with Gasteiger partial charge in [0.25, 0.3) is 0 Å². The number of Topliss-reactive ketones (excluding diaryl/α,β-unsaturated/α-hetero) is 1. The zero-order valence-electron chi connectivity index (χ0n) is 7.07. The van der Waals surface area contributed by atoms with E-state index in [-0.39, 0.29) is 5.78 Å². The highest BCUT2D eigenvalue weighted by Gasteiger charge is 1.93. The second-order valence-electron chi connectivity index (χ2n) is 1.86. The van der Waals surface area contributed by atoms with Gasteiger partial charge in [-0.05, 0) is 12.3 Å². The van der Waals surface area contributed by atoms with E-state index in [1.807, 2.05) is 6.92 Å². The average molecular weight is 191 g/mol.